The SMILES string of the molecule is CC(C)c1nc(C(=O)N(C)CCC(N)C(C)C)nn1-c1ccccc1F.Cl. The van der Waals surface area contributed by atoms with Crippen molar-refractivity contribution in [2.24, 2.45) is 11.7 Å². The highest BCUT2D eigenvalue weighted by Gasteiger charge is 2.23. The van der Waals surface area contributed by atoms with Crippen LogP contribution in [-0.2, 0) is 0 Å². The minimum Gasteiger partial charge on any atom is -0.339 e. The summed E-state index contributed by atoms with van der Waals surface area (Å²) in [6.45, 7) is 8.49. The summed E-state index contributed by atoms with van der Waals surface area (Å²) in [5.41, 5.74) is 6.33. The molecule has 2 aromatic rings. The van der Waals surface area contributed by atoms with E-state index in [-0.39, 0.29) is 41.8 Å². The molecule has 8 heteroatoms. The zero-order chi connectivity index (χ0) is 19.4. The van der Waals surface area contributed by atoms with Gasteiger partial charge in [0.15, 0.2) is 0 Å². The summed E-state index contributed by atoms with van der Waals surface area (Å²) < 4.78 is 15.6. The van der Waals surface area contributed by atoms with Crippen molar-refractivity contribution in [1.29, 1.82) is 0 Å². The molecule has 0 aliphatic carbocycles. The smallest absolute Gasteiger partial charge is 0.293 e. The van der Waals surface area contributed by atoms with Crippen LogP contribution in [0.1, 0.15) is 56.5 Å². The quantitative estimate of drug-likeness (QED) is 0.776. The third kappa shape index (κ3) is 5.49. The van der Waals surface area contributed by atoms with E-state index in [1.54, 1.807) is 30.1 Å². The lowest BCUT2D eigenvalue weighted by Gasteiger charge is -2.20. The van der Waals surface area contributed by atoms with Crippen LogP contribution < -0.4 is 5.73 Å². The van der Waals surface area contributed by atoms with E-state index in [0.717, 1.165) is 0 Å². The summed E-state index contributed by atoms with van der Waals surface area (Å²) in [5.74, 6) is 0.253. The van der Waals surface area contributed by atoms with E-state index in [1.807, 2.05) is 13.8 Å². The van der Waals surface area contributed by atoms with Crippen molar-refractivity contribution in [2.45, 2.75) is 46.1 Å². The van der Waals surface area contributed by atoms with Gasteiger partial charge in [0.2, 0.25) is 5.82 Å². The maximum atomic E-state index is 14.2. The summed E-state index contributed by atoms with van der Waals surface area (Å²) >= 11 is 0. The van der Waals surface area contributed by atoms with Crippen LogP contribution in [0.15, 0.2) is 24.3 Å². The monoisotopic (exact) mass is 397 g/mol. The molecule has 0 aliphatic heterocycles. The Morgan fingerprint density at radius 3 is 2.44 bits per heavy atom. The Morgan fingerprint density at radius 2 is 1.89 bits per heavy atom. The van der Waals surface area contributed by atoms with Crippen molar-refractivity contribution in [1.82, 2.24) is 19.7 Å². The van der Waals surface area contributed by atoms with Gasteiger partial charge in [-0.2, -0.15) is 0 Å². The molecule has 0 bridgehead atoms. The molecule has 6 nitrogen and oxygen atoms in total. The summed E-state index contributed by atoms with van der Waals surface area (Å²) in [7, 11) is 1.70. The number of nitrogens with zero attached hydrogens (tertiary/aromatic N) is 4. The summed E-state index contributed by atoms with van der Waals surface area (Å²) in [5, 5.41) is 4.29. The molecular formula is C19H29ClFN5O. The fraction of sp³-hybridized carbons (Fsp3) is 0.526. The second-order valence-electron chi connectivity index (χ2n) is 7.23. The largest absolute Gasteiger partial charge is 0.339 e. The Morgan fingerprint density at radius 1 is 1.26 bits per heavy atom. The van der Waals surface area contributed by atoms with Gasteiger partial charge >= 0.3 is 0 Å². The first-order chi connectivity index (χ1) is 12.2. The summed E-state index contributed by atoms with van der Waals surface area (Å²) in [6, 6.07) is 6.35. The number of carbonyl (C=O) groups is 1. The van der Waals surface area contributed by atoms with Gasteiger partial charge in [0.1, 0.15) is 17.3 Å². The topological polar surface area (TPSA) is 77.0 Å². The molecule has 0 radical (unpaired) electrons. The molecule has 1 aromatic carbocycles. The average molecular weight is 398 g/mol. The predicted octanol–water partition coefficient (Wildman–Crippen LogP) is 3.40. The van der Waals surface area contributed by atoms with Crippen LogP contribution in [0, 0.1) is 11.7 Å². The Balaban J connectivity index is 0.00000364. The zero-order valence-corrected chi connectivity index (χ0v) is 17.3. The van der Waals surface area contributed by atoms with E-state index in [2.05, 4.69) is 23.9 Å². The molecule has 27 heavy (non-hydrogen) atoms. The predicted molar refractivity (Wildman–Crippen MR) is 107 cm³/mol. The molecule has 1 unspecified atom stereocenters. The first-order valence-electron chi connectivity index (χ1n) is 8.95. The first-order valence-corrected chi connectivity index (χ1v) is 8.95. The lowest BCUT2D eigenvalue weighted by molar-refractivity contribution is 0.0777. The number of carbonyl (C=O) groups excluding carboxylic acids is 1. The van der Waals surface area contributed by atoms with E-state index >= 15 is 0 Å². The number of amides is 1. The van der Waals surface area contributed by atoms with Gasteiger partial charge in [-0.1, -0.05) is 39.8 Å². The molecule has 150 valence electrons. The fourth-order valence-corrected chi connectivity index (χ4v) is 2.54. The van der Waals surface area contributed by atoms with Crippen molar-refractivity contribution >= 4 is 18.3 Å². The molecule has 2 rings (SSSR count). The van der Waals surface area contributed by atoms with Crippen LogP contribution in [0.5, 0.6) is 0 Å². The standard InChI is InChI=1S/C19H28FN5O.ClH/c1-12(2)15(21)10-11-24(5)19(26)17-22-18(13(3)4)25(23-17)16-9-7-6-8-14(16)20;/h6-9,12-13,15H,10-11,21H2,1-5H3;1H. The number of para-hydroxylation sites is 1. The van der Waals surface area contributed by atoms with E-state index in [9.17, 15) is 9.18 Å². The van der Waals surface area contributed by atoms with Crippen molar-refractivity contribution in [3.63, 3.8) is 0 Å². The number of halogens is 2. The number of nitrogens with two attached hydrogens (primary N) is 1. The van der Waals surface area contributed by atoms with Gasteiger partial charge in [0, 0.05) is 25.6 Å². The molecule has 0 aliphatic rings. The molecule has 0 spiro atoms. The highest BCUT2D eigenvalue weighted by molar-refractivity contribution is 5.90. The van der Waals surface area contributed by atoms with Crippen molar-refractivity contribution in [3.8, 4) is 5.69 Å². The Hall–Kier alpha value is -1.99. The second-order valence-corrected chi connectivity index (χ2v) is 7.23. The van der Waals surface area contributed by atoms with Crippen molar-refractivity contribution in [2.75, 3.05) is 13.6 Å². The molecule has 1 heterocycles. The number of benzene rings is 1. The van der Waals surface area contributed by atoms with Crippen LogP contribution in [0.2, 0.25) is 0 Å². The van der Waals surface area contributed by atoms with Crippen molar-refractivity contribution in [3.05, 3.63) is 41.7 Å². The van der Waals surface area contributed by atoms with Gasteiger partial charge in [0.25, 0.3) is 5.91 Å². The minimum atomic E-state index is -0.408. The van der Waals surface area contributed by atoms with Gasteiger partial charge in [-0.05, 0) is 24.5 Å². The van der Waals surface area contributed by atoms with Crippen LogP contribution in [0.3, 0.4) is 0 Å². The lowest BCUT2D eigenvalue weighted by atomic mass is 10.0. The van der Waals surface area contributed by atoms with Crippen LogP contribution in [0.4, 0.5) is 4.39 Å². The number of aromatic nitrogens is 3. The van der Waals surface area contributed by atoms with E-state index < -0.39 is 5.82 Å². The second kappa shape index (κ2) is 9.80. The Bertz CT molecular complexity index is 762. The zero-order valence-electron chi connectivity index (χ0n) is 16.5. The number of hydrogen-bond donors (Lipinski definition) is 1. The fourth-order valence-electron chi connectivity index (χ4n) is 2.54. The summed E-state index contributed by atoms with van der Waals surface area (Å²) in [4.78, 5) is 18.6. The highest BCUT2D eigenvalue weighted by Crippen LogP contribution is 2.20. The summed E-state index contributed by atoms with van der Waals surface area (Å²) in [6.07, 6.45) is 0.699. The molecule has 1 aromatic heterocycles. The van der Waals surface area contributed by atoms with E-state index in [4.69, 9.17) is 5.73 Å². The normalized spacial score (nSPS) is 12.2. The Kier molecular flexibility index (Phi) is 8.37. The number of rotatable bonds is 7. The first kappa shape index (κ1) is 23.0. The minimum absolute atomic E-state index is 0. The third-order valence-corrected chi connectivity index (χ3v) is 4.42. The molecular weight excluding hydrogens is 369 g/mol. The van der Waals surface area contributed by atoms with Gasteiger partial charge in [0.05, 0.1) is 0 Å². The van der Waals surface area contributed by atoms with Gasteiger partial charge in [-0.25, -0.2) is 14.1 Å². The van der Waals surface area contributed by atoms with Crippen LogP contribution in [-0.4, -0.2) is 45.2 Å². The van der Waals surface area contributed by atoms with Gasteiger partial charge < -0.3 is 10.6 Å². The van der Waals surface area contributed by atoms with Crippen molar-refractivity contribution < 1.29 is 9.18 Å². The highest BCUT2D eigenvalue weighted by atomic mass is 35.5. The van der Waals surface area contributed by atoms with Gasteiger partial charge in [-0.15, -0.1) is 17.5 Å². The number of hydrogen-bond acceptors (Lipinski definition) is 4. The maximum Gasteiger partial charge on any atom is 0.293 e. The van der Waals surface area contributed by atoms with Gasteiger partial charge in [-0.3, -0.25) is 4.79 Å². The Labute approximate surface area is 166 Å². The lowest BCUT2D eigenvalue weighted by Crippen LogP contribution is -2.35. The molecule has 0 saturated heterocycles. The van der Waals surface area contributed by atoms with Crippen LogP contribution in [0.25, 0.3) is 5.69 Å². The van der Waals surface area contributed by atoms with E-state index in [0.29, 0.717) is 24.7 Å². The molecule has 0 saturated carbocycles. The molecule has 0 fully saturated rings. The molecule has 2 N–H and O–H groups in total. The van der Waals surface area contributed by atoms with E-state index in [1.165, 1.54) is 10.7 Å². The molecule has 1 amide bonds. The third-order valence-electron chi connectivity index (χ3n) is 4.42. The maximum absolute atomic E-state index is 14.2. The molecule has 1 atom stereocenters. The average Bonchev–Trinajstić information content (AvgIpc) is 3.04. The van der Waals surface area contributed by atoms with Crippen LogP contribution >= 0.6 is 12.4 Å².